The van der Waals surface area contributed by atoms with Crippen molar-refractivity contribution in [1.82, 2.24) is 4.57 Å². The van der Waals surface area contributed by atoms with Gasteiger partial charge in [-0.05, 0) is 47.0 Å². The number of aromatic nitrogens is 1. The molecule has 1 N–H and O–H groups in total. The third kappa shape index (κ3) is 4.11. The zero-order chi connectivity index (χ0) is 23.8. The van der Waals surface area contributed by atoms with Gasteiger partial charge in [0.05, 0.1) is 21.2 Å². The lowest BCUT2D eigenvalue weighted by molar-refractivity contribution is -0.385. The van der Waals surface area contributed by atoms with E-state index in [1.165, 1.54) is 29.5 Å². The minimum absolute atomic E-state index is 0.240. The van der Waals surface area contributed by atoms with Gasteiger partial charge in [-0.2, -0.15) is 0 Å². The smallest absolute Gasteiger partial charge is 0.311 e. The zero-order valence-corrected chi connectivity index (χ0v) is 19.9. The van der Waals surface area contributed by atoms with Gasteiger partial charge in [-0.25, -0.2) is 4.99 Å². The molecule has 0 aliphatic carbocycles. The van der Waals surface area contributed by atoms with Gasteiger partial charge >= 0.3 is 5.69 Å². The van der Waals surface area contributed by atoms with E-state index in [0.29, 0.717) is 14.9 Å². The molecule has 1 unspecified atom stereocenters. The Kier molecular flexibility index (Phi) is 5.72. The summed E-state index contributed by atoms with van der Waals surface area (Å²) in [5.41, 5.74) is 2.42. The minimum atomic E-state index is -0.659. The Bertz CT molecular complexity index is 1620. The quantitative estimate of drug-likeness (QED) is 0.311. The largest absolute Gasteiger partial charge is 0.502 e. The van der Waals surface area contributed by atoms with E-state index in [9.17, 15) is 20.0 Å². The van der Waals surface area contributed by atoms with Crippen molar-refractivity contribution in [3.63, 3.8) is 0 Å². The number of phenols is 1. The summed E-state index contributed by atoms with van der Waals surface area (Å²) < 4.78 is 2.97. The highest BCUT2D eigenvalue weighted by molar-refractivity contribution is 9.10. The number of halogens is 1. The number of nitro groups is 1. The average molecular weight is 534 g/mol. The fraction of sp³-hybridized carbons (Fsp3) is 0.0400. The van der Waals surface area contributed by atoms with Crippen LogP contribution in [0.4, 0.5) is 5.69 Å². The Hall–Kier alpha value is -3.82. The molecule has 0 spiro atoms. The van der Waals surface area contributed by atoms with Crippen molar-refractivity contribution >= 4 is 44.7 Å². The Morgan fingerprint density at radius 2 is 1.82 bits per heavy atom. The Balaban J connectivity index is 1.71. The van der Waals surface area contributed by atoms with Crippen LogP contribution in [0.1, 0.15) is 22.7 Å². The monoisotopic (exact) mass is 533 g/mol. The molecule has 168 valence electrons. The van der Waals surface area contributed by atoms with E-state index < -0.39 is 16.4 Å². The van der Waals surface area contributed by atoms with E-state index in [-0.39, 0.29) is 11.6 Å². The number of nitro benzene ring substituents is 1. The van der Waals surface area contributed by atoms with Crippen LogP contribution < -0.4 is 14.9 Å². The van der Waals surface area contributed by atoms with Crippen molar-refractivity contribution in [3.8, 4) is 5.75 Å². The topological polar surface area (TPSA) is 97.7 Å². The number of hydrogen-bond acceptors (Lipinski definition) is 6. The summed E-state index contributed by atoms with van der Waals surface area (Å²) in [4.78, 5) is 29.3. The maximum atomic E-state index is 13.5. The molecule has 0 radical (unpaired) electrons. The van der Waals surface area contributed by atoms with Crippen molar-refractivity contribution in [2.75, 3.05) is 0 Å². The van der Waals surface area contributed by atoms with Gasteiger partial charge in [-0.3, -0.25) is 19.5 Å². The van der Waals surface area contributed by atoms with Crippen LogP contribution >= 0.6 is 27.3 Å². The Labute approximate surface area is 205 Å². The van der Waals surface area contributed by atoms with Crippen LogP contribution in [0.2, 0.25) is 0 Å². The van der Waals surface area contributed by atoms with Crippen molar-refractivity contribution < 1.29 is 10.0 Å². The lowest BCUT2D eigenvalue weighted by atomic mass is 10.0. The molecule has 34 heavy (non-hydrogen) atoms. The molecule has 3 aromatic carbocycles. The van der Waals surface area contributed by atoms with Crippen LogP contribution in [0.5, 0.6) is 5.75 Å². The summed E-state index contributed by atoms with van der Waals surface area (Å²) in [5.74, 6) is -0.425. The molecule has 9 heteroatoms. The number of allylic oxidation sites excluding steroid dienone is 1. The maximum absolute atomic E-state index is 13.5. The molecule has 1 atom stereocenters. The van der Waals surface area contributed by atoms with Crippen molar-refractivity contribution in [3.05, 3.63) is 130 Å². The standard InChI is InChI=1S/C25H16BrN3O4S/c26-18-9-7-17(8-10-18)20-14-19(16-4-2-1-3-5-16)27-25-28(20)24(31)23(34-25)13-15-6-11-22(30)21(12-15)29(32)33/h1-14,20,30H. The van der Waals surface area contributed by atoms with Crippen LogP contribution in [0.25, 0.3) is 11.8 Å². The first-order valence-electron chi connectivity index (χ1n) is 10.2. The third-order valence-electron chi connectivity index (χ3n) is 5.42. The number of nitrogens with zero attached hydrogens (tertiary/aromatic N) is 3. The number of fused-ring (bicyclic) bond motifs is 1. The maximum Gasteiger partial charge on any atom is 0.311 e. The molecule has 0 bridgehead atoms. The summed E-state index contributed by atoms with van der Waals surface area (Å²) in [7, 11) is 0. The highest BCUT2D eigenvalue weighted by Gasteiger charge is 2.22. The number of thiazole rings is 1. The summed E-state index contributed by atoms with van der Waals surface area (Å²) in [6, 6.07) is 21.2. The molecule has 2 heterocycles. The molecule has 4 aromatic rings. The van der Waals surface area contributed by atoms with Crippen LogP contribution in [0, 0.1) is 10.1 Å². The van der Waals surface area contributed by atoms with Gasteiger partial charge in [0.2, 0.25) is 0 Å². The Morgan fingerprint density at radius 1 is 1.09 bits per heavy atom. The van der Waals surface area contributed by atoms with Gasteiger partial charge < -0.3 is 5.11 Å². The number of aromatic hydroxyl groups is 1. The predicted octanol–water partition coefficient (Wildman–Crippen LogP) is 4.38. The van der Waals surface area contributed by atoms with E-state index in [1.807, 2.05) is 60.7 Å². The molecule has 0 saturated carbocycles. The summed E-state index contributed by atoms with van der Waals surface area (Å²) in [6.07, 6.45) is 3.55. The van der Waals surface area contributed by atoms with E-state index in [1.54, 1.807) is 10.6 Å². The highest BCUT2D eigenvalue weighted by atomic mass is 79.9. The third-order valence-corrected chi connectivity index (χ3v) is 6.93. The summed E-state index contributed by atoms with van der Waals surface area (Å²) in [5, 5.41) is 20.9. The molecule has 0 saturated heterocycles. The van der Waals surface area contributed by atoms with Crippen LogP contribution in [-0.2, 0) is 0 Å². The van der Waals surface area contributed by atoms with Gasteiger partial charge in [0, 0.05) is 10.5 Å². The van der Waals surface area contributed by atoms with Crippen molar-refractivity contribution in [1.29, 1.82) is 0 Å². The van der Waals surface area contributed by atoms with Gasteiger partial charge in [-0.15, -0.1) is 0 Å². The fourth-order valence-corrected chi connectivity index (χ4v) is 5.06. The molecule has 1 aliphatic rings. The zero-order valence-electron chi connectivity index (χ0n) is 17.5. The molecule has 0 amide bonds. The van der Waals surface area contributed by atoms with Gasteiger partial charge in [0.15, 0.2) is 10.6 Å². The molecule has 7 nitrogen and oxygen atoms in total. The number of phenolic OH excluding ortho intramolecular Hbond substituents is 1. The molecule has 1 aliphatic heterocycles. The second-order valence-electron chi connectivity index (χ2n) is 7.60. The molecular formula is C25H16BrN3O4S. The van der Waals surface area contributed by atoms with E-state index in [2.05, 4.69) is 15.9 Å². The Morgan fingerprint density at radius 3 is 2.53 bits per heavy atom. The van der Waals surface area contributed by atoms with E-state index >= 15 is 0 Å². The normalized spacial score (nSPS) is 15.4. The summed E-state index contributed by atoms with van der Waals surface area (Å²) >= 11 is 4.68. The lowest BCUT2D eigenvalue weighted by Crippen LogP contribution is -2.36. The number of rotatable bonds is 4. The first-order valence-corrected chi connectivity index (χ1v) is 11.8. The summed E-state index contributed by atoms with van der Waals surface area (Å²) in [6.45, 7) is 0. The van der Waals surface area contributed by atoms with Crippen LogP contribution in [0.15, 0.2) is 93.1 Å². The highest BCUT2D eigenvalue weighted by Crippen LogP contribution is 2.28. The van der Waals surface area contributed by atoms with Gasteiger partial charge in [0.25, 0.3) is 5.56 Å². The SMILES string of the molecule is O=c1c(=Cc2ccc(O)c([N+](=O)[O-])c2)sc2n1C(c1ccc(Br)cc1)C=C(c1ccccc1)N=2. The van der Waals surface area contributed by atoms with Crippen LogP contribution in [0.3, 0.4) is 0 Å². The molecule has 1 aromatic heterocycles. The fourth-order valence-electron chi connectivity index (χ4n) is 3.78. The first-order chi connectivity index (χ1) is 16.4. The van der Waals surface area contributed by atoms with Crippen molar-refractivity contribution in [2.24, 2.45) is 4.99 Å². The second-order valence-corrected chi connectivity index (χ2v) is 9.52. The molecule has 0 fully saturated rings. The molecule has 5 rings (SSSR count). The van der Waals surface area contributed by atoms with Gasteiger partial charge in [0.1, 0.15) is 0 Å². The second kappa shape index (κ2) is 8.85. The van der Waals surface area contributed by atoms with E-state index in [0.717, 1.165) is 21.3 Å². The predicted molar refractivity (Wildman–Crippen MR) is 134 cm³/mol. The van der Waals surface area contributed by atoms with Crippen LogP contribution in [-0.4, -0.2) is 14.6 Å². The first kappa shape index (κ1) is 22.0. The van der Waals surface area contributed by atoms with Crippen molar-refractivity contribution in [2.45, 2.75) is 6.04 Å². The minimum Gasteiger partial charge on any atom is -0.502 e. The number of benzene rings is 3. The van der Waals surface area contributed by atoms with Gasteiger partial charge in [-0.1, -0.05) is 75.8 Å². The number of hydrogen-bond donors (Lipinski definition) is 1. The van der Waals surface area contributed by atoms with E-state index in [4.69, 9.17) is 4.99 Å². The lowest BCUT2D eigenvalue weighted by Gasteiger charge is -2.19. The average Bonchev–Trinajstić information content (AvgIpc) is 3.15. The molecular weight excluding hydrogens is 518 g/mol.